The van der Waals surface area contributed by atoms with Crippen molar-refractivity contribution in [2.75, 3.05) is 13.1 Å². The molecule has 0 amide bonds. The minimum Gasteiger partial charge on any atom is -0.392 e. The zero-order chi connectivity index (χ0) is 13.0. The smallest absolute Gasteiger partial charge is 0.141 e. The van der Waals surface area contributed by atoms with Crippen molar-refractivity contribution in [2.24, 2.45) is 29.1 Å². The summed E-state index contributed by atoms with van der Waals surface area (Å²) in [5, 5.41) is 10.2. The molecule has 0 aromatic heterocycles. The Morgan fingerprint density at radius 3 is 2.95 bits per heavy atom. The lowest BCUT2D eigenvalue weighted by atomic mass is 9.48. The monoisotopic (exact) mass is 261 g/mol. The summed E-state index contributed by atoms with van der Waals surface area (Å²) in [7, 11) is 0. The third kappa shape index (κ3) is 0.964. The number of Topliss-reactive ketones (excluding diaryl/α,β-unsaturated/α-hetero) is 1. The first-order valence-electron chi connectivity index (χ1n) is 8.04. The molecule has 5 fully saturated rings. The van der Waals surface area contributed by atoms with Crippen LogP contribution in [0.15, 0.2) is 0 Å². The molecule has 0 aromatic rings. The highest BCUT2D eigenvalue weighted by Crippen LogP contribution is 2.74. The number of hydrogen-bond acceptors (Lipinski definition) is 3. The van der Waals surface area contributed by atoms with Gasteiger partial charge in [-0.05, 0) is 49.4 Å². The van der Waals surface area contributed by atoms with Crippen molar-refractivity contribution in [3.05, 3.63) is 0 Å². The van der Waals surface area contributed by atoms with Crippen LogP contribution in [0.1, 0.15) is 39.0 Å². The summed E-state index contributed by atoms with van der Waals surface area (Å²) < 4.78 is 0. The molecule has 1 N–H and O–H groups in total. The van der Waals surface area contributed by atoms with Gasteiger partial charge in [-0.15, -0.1) is 0 Å². The number of aliphatic hydroxyl groups is 1. The Labute approximate surface area is 114 Å². The Morgan fingerprint density at radius 2 is 2.11 bits per heavy atom. The van der Waals surface area contributed by atoms with Gasteiger partial charge in [0.05, 0.1) is 11.5 Å². The molecule has 5 rings (SSSR count). The lowest BCUT2D eigenvalue weighted by molar-refractivity contribution is -0.170. The fraction of sp³-hybridized carbons (Fsp3) is 0.938. The van der Waals surface area contributed by atoms with Crippen molar-refractivity contribution in [1.29, 1.82) is 0 Å². The maximum absolute atomic E-state index is 13.0. The Balaban J connectivity index is 1.76. The van der Waals surface area contributed by atoms with Gasteiger partial charge in [-0.3, -0.25) is 9.69 Å². The molecule has 1 unspecified atom stereocenters. The number of rotatable bonds is 0. The molecule has 6 bridgehead atoms. The van der Waals surface area contributed by atoms with Crippen LogP contribution < -0.4 is 0 Å². The van der Waals surface area contributed by atoms with E-state index in [1.54, 1.807) is 0 Å². The molecule has 5 aliphatic rings. The molecule has 2 saturated heterocycles. The number of hydrogen-bond donors (Lipinski definition) is 1. The number of nitrogens with zero attached hydrogens (tertiary/aromatic N) is 1. The third-order valence-corrected chi connectivity index (χ3v) is 7.49. The fourth-order valence-electron chi connectivity index (χ4n) is 7.40. The molecule has 3 nitrogen and oxygen atoms in total. The van der Waals surface area contributed by atoms with Gasteiger partial charge in [0.25, 0.3) is 0 Å². The number of carbonyl (C=O) groups is 1. The molecule has 0 radical (unpaired) electrons. The Morgan fingerprint density at radius 1 is 1.26 bits per heavy atom. The summed E-state index contributed by atoms with van der Waals surface area (Å²) in [4.78, 5) is 15.5. The first-order chi connectivity index (χ1) is 9.08. The van der Waals surface area contributed by atoms with Crippen LogP contribution in [0, 0.1) is 29.1 Å². The van der Waals surface area contributed by atoms with E-state index in [9.17, 15) is 9.90 Å². The van der Waals surface area contributed by atoms with Crippen molar-refractivity contribution < 1.29 is 9.90 Å². The quantitative estimate of drug-likeness (QED) is 0.717. The number of ketones is 1. The zero-order valence-corrected chi connectivity index (χ0v) is 11.6. The van der Waals surface area contributed by atoms with Gasteiger partial charge < -0.3 is 5.11 Å². The van der Waals surface area contributed by atoms with Gasteiger partial charge in [0.1, 0.15) is 5.78 Å². The molecule has 3 aliphatic carbocycles. The first-order valence-corrected chi connectivity index (χ1v) is 8.04. The minimum atomic E-state index is -0.271. The molecule has 8 atom stereocenters. The first kappa shape index (κ1) is 11.3. The normalized spacial score (nSPS) is 65.5. The standard InChI is InChI=1S/C16H23NO2/c1-9-2-10-3-14(19)15-6-12(18)8-17-7-11(15)4-13(10)16(15,17)5-9/h9-13,18H,2-8H2,1H3/t9-,10+,11-,12-,13-,15+,16-/m1/s1. The maximum atomic E-state index is 13.0. The third-order valence-electron chi connectivity index (χ3n) is 7.49. The summed E-state index contributed by atoms with van der Waals surface area (Å²) in [6.45, 7) is 4.28. The highest BCUT2D eigenvalue weighted by Gasteiger charge is 2.80. The molecule has 2 heterocycles. The van der Waals surface area contributed by atoms with Crippen LogP contribution in [0.5, 0.6) is 0 Å². The van der Waals surface area contributed by atoms with Crippen molar-refractivity contribution in [3.8, 4) is 0 Å². The summed E-state index contributed by atoms with van der Waals surface area (Å²) in [5.74, 6) is 3.23. The van der Waals surface area contributed by atoms with E-state index in [0.29, 0.717) is 17.6 Å². The topological polar surface area (TPSA) is 40.5 Å². The Kier molecular flexibility index (Phi) is 1.83. The highest BCUT2D eigenvalue weighted by molar-refractivity contribution is 5.90. The second kappa shape index (κ2) is 3.09. The number of carbonyl (C=O) groups excluding carboxylic acids is 1. The van der Waals surface area contributed by atoms with Crippen LogP contribution in [-0.4, -0.2) is 40.5 Å². The molecule has 3 saturated carbocycles. The molecule has 3 heteroatoms. The largest absolute Gasteiger partial charge is 0.392 e. The Bertz CT molecular complexity index is 477. The van der Waals surface area contributed by atoms with Crippen LogP contribution in [0.2, 0.25) is 0 Å². The molecule has 19 heavy (non-hydrogen) atoms. The van der Waals surface area contributed by atoms with E-state index in [4.69, 9.17) is 0 Å². The second-order valence-electron chi connectivity index (χ2n) is 8.13. The van der Waals surface area contributed by atoms with Gasteiger partial charge in [0, 0.05) is 25.0 Å². The minimum absolute atomic E-state index is 0.152. The second-order valence-corrected chi connectivity index (χ2v) is 8.13. The SMILES string of the molecule is C[C@@H]1C[C@H]2CC(=O)[C@]34C[C@@H](O)CN5C[C@H]3C[C@H]2[C@@]54C1. The van der Waals surface area contributed by atoms with Crippen LogP contribution >= 0.6 is 0 Å². The average molecular weight is 261 g/mol. The van der Waals surface area contributed by atoms with Gasteiger partial charge in [0.2, 0.25) is 0 Å². The van der Waals surface area contributed by atoms with Gasteiger partial charge in [0.15, 0.2) is 0 Å². The lowest BCUT2D eigenvalue weighted by Crippen LogP contribution is -2.70. The zero-order valence-electron chi connectivity index (χ0n) is 11.6. The molecular weight excluding hydrogens is 238 g/mol. The number of aliphatic hydroxyl groups excluding tert-OH is 1. The molecule has 1 spiro atoms. The van der Waals surface area contributed by atoms with Crippen molar-refractivity contribution in [2.45, 2.75) is 50.7 Å². The average Bonchev–Trinajstić information content (AvgIpc) is 2.62. The molecule has 2 aliphatic heterocycles. The van der Waals surface area contributed by atoms with E-state index in [0.717, 1.165) is 37.8 Å². The van der Waals surface area contributed by atoms with Crippen LogP contribution in [0.3, 0.4) is 0 Å². The molecular formula is C16H23NO2. The van der Waals surface area contributed by atoms with Crippen LogP contribution in [0.25, 0.3) is 0 Å². The summed E-state index contributed by atoms with van der Waals surface area (Å²) in [6, 6.07) is 0. The van der Waals surface area contributed by atoms with Crippen molar-refractivity contribution in [1.82, 2.24) is 4.90 Å². The predicted molar refractivity (Wildman–Crippen MR) is 70.5 cm³/mol. The van der Waals surface area contributed by atoms with Gasteiger partial charge in [-0.25, -0.2) is 0 Å². The maximum Gasteiger partial charge on any atom is 0.141 e. The van der Waals surface area contributed by atoms with E-state index in [2.05, 4.69) is 11.8 Å². The van der Waals surface area contributed by atoms with Crippen LogP contribution in [0.4, 0.5) is 0 Å². The van der Waals surface area contributed by atoms with E-state index >= 15 is 0 Å². The summed E-state index contributed by atoms with van der Waals surface area (Å²) in [5.41, 5.74) is 0.00900. The van der Waals surface area contributed by atoms with Gasteiger partial charge in [-0.2, -0.15) is 0 Å². The molecule has 0 aromatic carbocycles. The summed E-state index contributed by atoms with van der Waals surface area (Å²) >= 11 is 0. The van der Waals surface area contributed by atoms with E-state index in [-0.39, 0.29) is 17.1 Å². The lowest BCUT2D eigenvalue weighted by Gasteiger charge is -2.62. The summed E-state index contributed by atoms with van der Waals surface area (Å²) in [6.07, 6.45) is 5.05. The number of piperidine rings is 2. The predicted octanol–water partition coefficient (Wildman–Crippen LogP) is 1.45. The van der Waals surface area contributed by atoms with Crippen LogP contribution in [-0.2, 0) is 4.79 Å². The fourth-order valence-corrected chi connectivity index (χ4v) is 7.40. The van der Waals surface area contributed by atoms with Gasteiger partial charge >= 0.3 is 0 Å². The van der Waals surface area contributed by atoms with E-state index in [1.165, 1.54) is 19.3 Å². The van der Waals surface area contributed by atoms with E-state index in [1.807, 2.05) is 0 Å². The van der Waals surface area contributed by atoms with Gasteiger partial charge in [-0.1, -0.05) is 6.92 Å². The Hall–Kier alpha value is -0.410. The van der Waals surface area contributed by atoms with E-state index < -0.39 is 0 Å². The number of β-amino-alcohol motifs (C(OH)–C–C–N with tert-alkyl or cyclic N) is 1. The van der Waals surface area contributed by atoms with Crippen molar-refractivity contribution >= 4 is 5.78 Å². The highest BCUT2D eigenvalue weighted by atomic mass is 16.3. The molecule has 104 valence electrons. The van der Waals surface area contributed by atoms with Crippen molar-refractivity contribution in [3.63, 3.8) is 0 Å².